The number of benzene rings is 1. The molecule has 0 radical (unpaired) electrons. The molecule has 3 fully saturated rings. The van der Waals surface area contributed by atoms with E-state index in [2.05, 4.69) is 33.8 Å². The molecule has 36 heavy (non-hydrogen) atoms. The van der Waals surface area contributed by atoms with Crippen LogP contribution < -0.4 is 4.74 Å². The van der Waals surface area contributed by atoms with Crippen LogP contribution in [0.1, 0.15) is 115 Å². The zero-order valence-corrected chi connectivity index (χ0v) is 22.5. The topological polar surface area (TPSA) is 78.9 Å². The fourth-order valence-corrected chi connectivity index (χ4v) is 6.86. The molecule has 4 aliphatic carbocycles. The van der Waals surface area contributed by atoms with Crippen LogP contribution in [-0.4, -0.2) is 22.3 Å². The van der Waals surface area contributed by atoms with E-state index in [0.717, 1.165) is 86.8 Å². The second-order valence-electron chi connectivity index (χ2n) is 12.7. The molecule has 4 atom stereocenters. The number of azo groups is 2. The Morgan fingerprint density at radius 3 is 2.56 bits per heavy atom. The second kappa shape index (κ2) is 8.95. The van der Waals surface area contributed by atoms with Crippen LogP contribution in [0.5, 0.6) is 11.5 Å². The van der Waals surface area contributed by atoms with Gasteiger partial charge in [0.05, 0.1) is 11.6 Å². The van der Waals surface area contributed by atoms with Gasteiger partial charge in [0.1, 0.15) is 17.0 Å². The number of hydrogen-bond donors (Lipinski definition) is 1. The molecule has 0 saturated heterocycles. The third-order valence-electron chi connectivity index (χ3n) is 9.75. The Kier molecular flexibility index (Phi) is 6.00. The Bertz CT molecular complexity index is 1130. The molecule has 1 N–H and O–H groups in total. The van der Waals surface area contributed by atoms with E-state index in [9.17, 15) is 5.11 Å². The zero-order chi connectivity index (χ0) is 25.1. The first-order valence-corrected chi connectivity index (χ1v) is 14.4. The molecule has 0 bridgehead atoms. The van der Waals surface area contributed by atoms with Gasteiger partial charge in [0.2, 0.25) is 0 Å². The molecule has 1 aromatic carbocycles. The van der Waals surface area contributed by atoms with Gasteiger partial charge in [-0.3, -0.25) is 0 Å². The minimum atomic E-state index is -0.349. The Morgan fingerprint density at radius 1 is 1.08 bits per heavy atom. The molecule has 194 valence electrons. The molecule has 6 rings (SSSR count). The van der Waals surface area contributed by atoms with E-state index in [-0.39, 0.29) is 22.8 Å². The largest absolute Gasteiger partial charge is 0.505 e. The SMILES string of the molecule is CCCCCc1c(/N=N\C23CCC2C3)c(O)c2c(c1/N=N/C1CCC1)OC(C)(C)[C@@H]1CCC(C)=C[C@@H]21. The molecule has 0 aromatic heterocycles. The van der Waals surface area contributed by atoms with Gasteiger partial charge in [-0.05, 0) is 90.9 Å². The molecule has 1 aromatic rings. The molecule has 0 amide bonds. The summed E-state index contributed by atoms with van der Waals surface area (Å²) in [6, 6.07) is 0.297. The van der Waals surface area contributed by atoms with Gasteiger partial charge in [-0.2, -0.15) is 20.5 Å². The van der Waals surface area contributed by atoms with Crippen molar-refractivity contribution >= 4 is 11.4 Å². The number of hydrogen-bond acceptors (Lipinski definition) is 6. The average Bonchev–Trinajstić information content (AvgIpc) is 3.32. The highest BCUT2D eigenvalue weighted by molar-refractivity contribution is 5.78. The van der Waals surface area contributed by atoms with Gasteiger partial charge in [0.25, 0.3) is 0 Å². The summed E-state index contributed by atoms with van der Waals surface area (Å²) < 4.78 is 6.79. The van der Waals surface area contributed by atoms with Gasteiger partial charge in [0.15, 0.2) is 11.5 Å². The van der Waals surface area contributed by atoms with Crippen molar-refractivity contribution in [1.82, 2.24) is 0 Å². The lowest BCUT2D eigenvalue weighted by Gasteiger charge is -2.47. The number of aromatic hydroxyl groups is 1. The van der Waals surface area contributed by atoms with E-state index < -0.39 is 0 Å². The van der Waals surface area contributed by atoms with Crippen molar-refractivity contribution in [3.8, 4) is 11.5 Å². The molecule has 1 aliphatic heterocycles. The van der Waals surface area contributed by atoms with Crippen molar-refractivity contribution in [2.24, 2.45) is 32.3 Å². The minimum Gasteiger partial charge on any atom is -0.505 e. The molecule has 2 unspecified atom stereocenters. The van der Waals surface area contributed by atoms with Crippen molar-refractivity contribution in [2.75, 3.05) is 0 Å². The van der Waals surface area contributed by atoms with Gasteiger partial charge < -0.3 is 9.84 Å². The van der Waals surface area contributed by atoms with Crippen LogP contribution >= 0.6 is 0 Å². The quantitative estimate of drug-likeness (QED) is 0.224. The van der Waals surface area contributed by atoms with Crippen LogP contribution in [0.4, 0.5) is 11.4 Å². The number of allylic oxidation sites excluding steroid dienone is 2. The van der Waals surface area contributed by atoms with Crippen molar-refractivity contribution in [3.63, 3.8) is 0 Å². The van der Waals surface area contributed by atoms with Crippen LogP contribution in [0.25, 0.3) is 0 Å². The number of phenolic OH excluding ortho intramolecular Hbond substituents is 1. The van der Waals surface area contributed by atoms with Crippen molar-refractivity contribution < 1.29 is 9.84 Å². The average molecular weight is 491 g/mol. The van der Waals surface area contributed by atoms with Crippen LogP contribution in [0.15, 0.2) is 32.1 Å². The van der Waals surface area contributed by atoms with E-state index in [1.54, 1.807) is 0 Å². The highest BCUT2D eigenvalue weighted by atomic mass is 16.5. The smallest absolute Gasteiger partial charge is 0.155 e. The van der Waals surface area contributed by atoms with Crippen molar-refractivity contribution in [2.45, 2.75) is 128 Å². The van der Waals surface area contributed by atoms with Crippen LogP contribution in [0, 0.1) is 11.8 Å². The van der Waals surface area contributed by atoms with Gasteiger partial charge in [0, 0.05) is 23.0 Å². The molecule has 0 spiro atoms. The fourth-order valence-electron chi connectivity index (χ4n) is 6.86. The van der Waals surface area contributed by atoms with Gasteiger partial charge in [-0.1, -0.05) is 31.4 Å². The Labute approximate surface area is 215 Å². The number of phenols is 1. The zero-order valence-electron chi connectivity index (χ0n) is 22.5. The molecular weight excluding hydrogens is 448 g/mol. The summed E-state index contributed by atoms with van der Waals surface area (Å²) in [7, 11) is 0. The third kappa shape index (κ3) is 3.99. The molecule has 1 heterocycles. The monoisotopic (exact) mass is 490 g/mol. The molecule has 5 aliphatic rings. The first-order valence-electron chi connectivity index (χ1n) is 14.4. The van der Waals surface area contributed by atoms with Gasteiger partial charge >= 0.3 is 0 Å². The van der Waals surface area contributed by atoms with Gasteiger partial charge in [-0.15, -0.1) is 0 Å². The predicted octanol–water partition coefficient (Wildman–Crippen LogP) is 9.01. The summed E-state index contributed by atoms with van der Waals surface area (Å²) in [6.07, 6.45) is 15.5. The molecule has 6 heteroatoms. The fraction of sp³-hybridized carbons (Fsp3) is 0.733. The summed E-state index contributed by atoms with van der Waals surface area (Å²) in [6.45, 7) is 8.81. The Morgan fingerprint density at radius 2 is 1.92 bits per heavy atom. The number of ether oxygens (including phenoxy) is 1. The standard InChI is InChI=1S/C30H42N4O2/c1-5-6-7-11-21-25(33-34-30-15-14-19(30)17-30)27(35)24-22-16-18(2)12-13-23(22)29(3,4)36-28(24)26(21)32-31-20-9-8-10-20/h16,19-20,22-23,35H,5-15,17H2,1-4H3/b32-31+,34-33-/t19?,22-,23-,30?/m1/s1. The number of fused-ring (bicyclic) bond motifs is 4. The number of nitrogens with zero attached hydrogens (tertiary/aromatic N) is 4. The van der Waals surface area contributed by atoms with Crippen LogP contribution in [0.3, 0.4) is 0 Å². The second-order valence-corrected chi connectivity index (χ2v) is 12.7. The van der Waals surface area contributed by atoms with Crippen molar-refractivity contribution in [1.29, 1.82) is 0 Å². The first kappa shape index (κ1) is 24.1. The number of rotatable bonds is 8. The predicted molar refractivity (Wildman–Crippen MR) is 142 cm³/mol. The summed E-state index contributed by atoms with van der Waals surface area (Å²) >= 11 is 0. The van der Waals surface area contributed by atoms with Crippen LogP contribution in [0.2, 0.25) is 0 Å². The molecule has 6 nitrogen and oxygen atoms in total. The van der Waals surface area contributed by atoms with E-state index in [0.29, 0.717) is 23.6 Å². The maximum atomic E-state index is 11.9. The molecule has 3 saturated carbocycles. The third-order valence-corrected chi connectivity index (χ3v) is 9.75. The van der Waals surface area contributed by atoms with Crippen LogP contribution in [-0.2, 0) is 6.42 Å². The normalized spacial score (nSPS) is 32.2. The summed E-state index contributed by atoms with van der Waals surface area (Å²) in [5.74, 6) is 2.06. The Hall–Kier alpha value is -2.24. The van der Waals surface area contributed by atoms with Crippen molar-refractivity contribution in [3.05, 3.63) is 22.8 Å². The highest BCUT2D eigenvalue weighted by Crippen LogP contribution is 2.64. The van der Waals surface area contributed by atoms with Gasteiger partial charge in [-0.25, -0.2) is 0 Å². The van der Waals surface area contributed by atoms with E-state index in [4.69, 9.17) is 25.2 Å². The summed E-state index contributed by atoms with van der Waals surface area (Å²) in [5, 5.41) is 31.2. The van der Waals surface area contributed by atoms with E-state index in [1.807, 2.05) is 0 Å². The lowest BCUT2D eigenvalue weighted by molar-refractivity contribution is 0.0113. The first-order chi connectivity index (χ1) is 17.3. The minimum absolute atomic E-state index is 0.0407. The molecular formula is C30H42N4O2. The van der Waals surface area contributed by atoms with E-state index >= 15 is 0 Å². The lowest BCUT2D eigenvalue weighted by atomic mass is 9.67. The Balaban J connectivity index is 1.54. The lowest BCUT2D eigenvalue weighted by Crippen LogP contribution is -2.45. The summed E-state index contributed by atoms with van der Waals surface area (Å²) in [4.78, 5) is 0. The maximum Gasteiger partial charge on any atom is 0.155 e. The van der Waals surface area contributed by atoms with E-state index in [1.165, 1.54) is 18.4 Å². The highest BCUT2D eigenvalue weighted by Gasteiger charge is 2.62. The summed E-state index contributed by atoms with van der Waals surface area (Å²) in [5.41, 5.74) is 4.30. The maximum absolute atomic E-state index is 11.9. The number of unbranched alkanes of at least 4 members (excludes halogenated alkanes) is 2.